The van der Waals surface area contributed by atoms with Crippen LogP contribution in [-0.4, -0.2) is 22.5 Å². The molecule has 6 heteroatoms. The molecule has 0 aliphatic heterocycles. The summed E-state index contributed by atoms with van der Waals surface area (Å²) >= 11 is 0. The maximum atomic E-state index is 12.4. The predicted molar refractivity (Wildman–Crippen MR) is 139 cm³/mol. The molecule has 0 amide bonds. The Hall–Kier alpha value is -4.89. The molecule has 0 atom stereocenters. The van der Waals surface area contributed by atoms with E-state index in [-0.39, 0.29) is 5.97 Å². The normalized spacial score (nSPS) is 11.4. The predicted octanol–water partition coefficient (Wildman–Crippen LogP) is 6.60. The Balaban J connectivity index is 1.26. The minimum atomic E-state index is -0.361. The number of imidazole rings is 1. The van der Waals surface area contributed by atoms with Crippen molar-refractivity contribution in [2.45, 2.75) is 13.3 Å². The summed E-state index contributed by atoms with van der Waals surface area (Å²) in [7, 11) is 0. The molecule has 0 aliphatic carbocycles. The molecule has 0 unspecified atom stereocenters. The number of carbonyl (C=O) groups excluding carboxylic acids is 1. The molecule has 0 bridgehead atoms. The molecule has 3 aromatic carbocycles. The number of fused-ring (bicyclic) bond motifs is 1. The fraction of sp³-hybridized carbons (Fsp3) is 0.100. The highest BCUT2D eigenvalue weighted by atomic mass is 16.5. The molecule has 5 rings (SSSR count). The van der Waals surface area contributed by atoms with E-state index >= 15 is 0 Å². The van der Waals surface area contributed by atoms with Gasteiger partial charge in [-0.25, -0.2) is 9.78 Å². The van der Waals surface area contributed by atoms with Gasteiger partial charge in [0.25, 0.3) is 0 Å². The van der Waals surface area contributed by atoms with Crippen molar-refractivity contribution < 1.29 is 13.9 Å². The number of esters is 1. The molecule has 1 N–H and O–H groups in total. The van der Waals surface area contributed by atoms with E-state index in [1.165, 1.54) is 0 Å². The van der Waals surface area contributed by atoms with Crippen molar-refractivity contribution in [2.24, 2.45) is 0 Å². The number of nitrogens with zero attached hydrogens (tertiary/aromatic N) is 2. The maximum Gasteiger partial charge on any atom is 0.338 e. The van der Waals surface area contributed by atoms with Crippen LogP contribution in [0.2, 0.25) is 0 Å². The van der Waals surface area contributed by atoms with Crippen LogP contribution in [-0.2, 0) is 11.2 Å². The summed E-state index contributed by atoms with van der Waals surface area (Å²) in [5.74, 6) is 1.29. The number of hydrogen-bond acceptors (Lipinski definition) is 5. The van der Waals surface area contributed by atoms with Crippen LogP contribution >= 0.6 is 0 Å². The van der Waals surface area contributed by atoms with Crippen molar-refractivity contribution in [3.63, 3.8) is 0 Å². The van der Waals surface area contributed by atoms with E-state index in [1.54, 1.807) is 24.3 Å². The zero-order chi connectivity index (χ0) is 24.9. The number of aryl methyl sites for hydroxylation is 1. The number of H-pyrrole nitrogens is 1. The summed E-state index contributed by atoms with van der Waals surface area (Å²) in [6, 6.07) is 28.7. The fourth-order valence-corrected chi connectivity index (χ4v) is 3.89. The van der Waals surface area contributed by atoms with Crippen molar-refractivity contribution in [3.05, 3.63) is 113 Å². The summed E-state index contributed by atoms with van der Waals surface area (Å²) in [6.45, 7) is 2.33. The molecule has 0 saturated carbocycles. The second-order valence-corrected chi connectivity index (χ2v) is 8.43. The molecule has 0 aliphatic rings. The number of hydrogen-bond donors (Lipinski definition) is 1. The smallest absolute Gasteiger partial charge is 0.338 e. The Bertz CT molecular complexity index is 1590. The van der Waals surface area contributed by atoms with Crippen molar-refractivity contribution in [1.29, 1.82) is 5.26 Å². The molecule has 2 heterocycles. The lowest BCUT2D eigenvalue weighted by molar-refractivity contribution is 0.0509. The van der Waals surface area contributed by atoms with Gasteiger partial charge in [-0.15, -0.1) is 0 Å². The van der Waals surface area contributed by atoms with Crippen molar-refractivity contribution in [1.82, 2.24) is 9.97 Å². The zero-order valence-electron chi connectivity index (χ0n) is 19.7. The van der Waals surface area contributed by atoms with Gasteiger partial charge in [0.2, 0.25) is 0 Å². The molecule has 0 fully saturated rings. The highest BCUT2D eigenvalue weighted by molar-refractivity contribution is 5.91. The number of rotatable bonds is 7. The van der Waals surface area contributed by atoms with Gasteiger partial charge in [0.05, 0.1) is 28.8 Å². The summed E-state index contributed by atoms with van der Waals surface area (Å²) in [5.41, 5.74) is 5.58. The maximum absolute atomic E-state index is 12.4. The number of carbonyl (C=O) groups is 1. The molecule has 0 saturated heterocycles. The SMILES string of the molecule is Cc1ccc2nc(C(C#N)=Cc3ccc(-c4ccc(C(=O)OCCc5ccccc5)cc4)o3)[nH]c2c1. The molecule has 0 radical (unpaired) electrons. The minimum absolute atomic E-state index is 0.324. The third-order valence-electron chi connectivity index (χ3n) is 5.80. The van der Waals surface area contributed by atoms with Gasteiger partial charge < -0.3 is 14.1 Å². The number of nitrogens with one attached hydrogen (secondary N) is 1. The Morgan fingerprint density at radius 2 is 1.86 bits per heavy atom. The van der Waals surface area contributed by atoms with Gasteiger partial charge in [0, 0.05) is 18.1 Å². The first-order chi connectivity index (χ1) is 17.6. The fourth-order valence-electron chi connectivity index (χ4n) is 3.89. The van der Waals surface area contributed by atoms with Crippen LogP contribution in [0.1, 0.15) is 33.1 Å². The summed E-state index contributed by atoms with van der Waals surface area (Å²) in [6.07, 6.45) is 2.33. The molecule has 0 spiro atoms. The second-order valence-electron chi connectivity index (χ2n) is 8.43. The van der Waals surface area contributed by atoms with E-state index in [9.17, 15) is 10.1 Å². The number of furan rings is 1. The van der Waals surface area contributed by atoms with Crippen LogP contribution in [0.15, 0.2) is 89.3 Å². The van der Waals surface area contributed by atoms with E-state index in [4.69, 9.17) is 9.15 Å². The van der Waals surface area contributed by atoms with E-state index in [0.29, 0.717) is 41.5 Å². The first-order valence-electron chi connectivity index (χ1n) is 11.6. The van der Waals surface area contributed by atoms with Gasteiger partial charge >= 0.3 is 5.97 Å². The summed E-state index contributed by atoms with van der Waals surface area (Å²) in [5, 5.41) is 9.69. The highest BCUT2D eigenvalue weighted by Crippen LogP contribution is 2.26. The molecular formula is C30H23N3O3. The lowest BCUT2D eigenvalue weighted by Crippen LogP contribution is -2.08. The molecule has 36 heavy (non-hydrogen) atoms. The number of nitriles is 1. The average molecular weight is 474 g/mol. The Morgan fingerprint density at radius 1 is 1.06 bits per heavy atom. The van der Waals surface area contributed by atoms with Crippen molar-refractivity contribution in [3.8, 4) is 17.4 Å². The van der Waals surface area contributed by atoms with Gasteiger partial charge in [-0.05, 0) is 54.4 Å². The number of benzene rings is 3. The first kappa shape index (κ1) is 22.9. The van der Waals surface area contributed by atoms with Crippen LogP contribution in [0.3, 0.4) is 0 Å². The van der Waals surface area contributed by atoms with Crippen LogP contribution in [0, 0.1) is 18.3 Å². The van der Waals surface area contributed by atoms with Crippen molar-refractivity contribution in [2.75, 3.05) is 6.61 Å². The van der Waals surface area contributed by atoms with E-state index in [2.05, 4.69) is 16.0 Å². The molecule has 2 aromatic heterocycles. The monoisotopic (exact) mass is 473 g/mol. The summed E-state index contributed by atoms with van der Waals surface area (Å²) < 4.78 is 11.3. The van der Waals surface area contributed by atoms with E-state index < -0.39 is 0 Å². The van der Waals surface area contributed by atoms with Crippen LogP contribution < -0.4 is 0 Å². The van der Waals surface area contributed by atoms with Gasteiger partial charge in [-0.2, -0.15) is 5.26 Å². The van der Waals surface area contributed by atoms with E-state index in [1.807, 2.05) is 73.7 Å². The van der Waals surface area contributed by atoms with Gasteiger partial charge in [-0.1, -0.05) is 48.5 Å². The van der Waals surface area contributed by atoms with Gasteiger partial charge in [-0.3, -0.25) is 0 Å². The van der Waals surface area contributed by atoms with Crippen LogP contribution in [0.5, 0.6) is 0 Å². The average Bonchev–Trinajstić information content (AvgIpc) is 3.54. The topological polar surface area (TPSA) is 91.9 Å². The van der Waals surface area contributed by atoms with Gasteiger partial charge in [0.1, 0.15) is 23.4 Å². The molecule has 5 aromatic rings. The highest BCUT2D eigenvalue weighted by Gasteiger charge is 2.12. The lowest BCUT2D eigenvalue weighted by atomic mass is 10.1. The largest absolute Gasteiger partial charge is 0.462 e. The molecule has 176 valence electrons. The minimum Gasteiger partial charge on any atom is -0.462 e. The standard InChI is InChI=1S/C30H23N3O3/c1-20-7-13-26-27(17-20)33-29(32-26)24(19-31)18-25-12-14-28(36-25)22-8-10-23(11-9-22)30(34)35-16-15-21-5-3-2-4-6-21/h2-14,17-18H,15-16H2,1H3,(H,32,33). The Kier molecular flexibility index (Phi) is 6.46. The Labute approximate surface area is 208 Å². The third kappa shape index (κ3) is 5.11. The quantitative estimate of drug-likeness (QED) is 0.212. The molecular weight excluding hydrogens is 450 g/mol. The number of aromatic amines is 1. The first-order valence-corrected chi connectivity index (χ1v) is 11.6. The number of ether oxygens (including phenoxy) is 1. The van der Waals surface area contributed by atoms with Gasteiger partial charge in [0.15, 0.2) is 0 Å². The second kappa shape index (κ2) is 10.2. The molecule has 6 nitrogen and oxygen atoms in total. The number of aromatic nitrogens is 2. The summed E-state index contributed by atoms with van der Waals surface area (Å²) in [4.78, 5) is 20.1. The van der Waals surface area contributed by atoms with Crippen LogP contribution in [0.4, 0.5) is 0 Å². The van der Waals surface area contributed by atoms with Crippen molar-refractivity contribution >= 4 is 28.7 Å². The Morgan fingerprint density at radius 3 is 2.64 bits per heavy atom. The lowest BCUT2D eigenvalue weighted by Gasteiger charge is -2.05. The third-order valence-corrected chi connectivity index (χ3v) is 5.80. The zero-order valence-corrected chi connectivity index (χ0v) is 19.7. The number of allylic oxidation sites excluding steroid dienone is 1. The van der Waals surface area contributed by atoms with Crippen LogP contribution in [0.25, 0.3) is 34.0 Å². The van der Waals surface area contributed by atoms with E-state index in [0.717, 1.165) is 27.7 Å².